The second-order valence-electron chi connectivity index (χ2n) is 4.81. The third-order valence-electron chi connectivity index (χ3n) is 3.65. The van der Waals surface area contributed by atoms with Gasteiger partial charge in [-0.2, -0.15) is 0 Å². The Hall–Kier alpha value is -1.14. The number of ether oxygens (including phenoxy) is 1. The summed E-state index contributed by atoms with van der Waals surface area (Å²) in [5, 5.41) is 2.78. The van der Waals surface area contributed by atoms with Crippen molar-refractivity contribution in [3.8, 4) is 0 Å². The van der Waals surface area contributed by atoms with E-state index in [2.05, 4.69) is 5.32 Å². The molecular weight excluding hydrogens is 234 g/mol. The third-order valence-corrected chi connectivity index (χ3v) is 3.65. The maximum atomic E-state index is 12.4. The summed E-state index contributed by atoms with van der Waals surface area (Å²) in [5.74, 6) is -0.127. The van der Waals surface area contributed by atoms with Crippen molar-refractivity contribution in [3.63, 3.8) is 0 Å². The molecule has 3 N–H and O–H groups in total. The van der Waals surface area contributed by atoms with E-state index in [1.807, 2.05) is 6.92 Å². The van der Waals surface area contributed by atoms with Gasteiger partial charge in [0.25, 0.3) is 5.91 Å². The fraction of sp³-hybridized carbons (Fsp3) is 0.833. The van der Waals surface area contributed by atoms with Crippen molar-refractivity contribution < 1.29 is 14.3 Å². The number of hydrogen-bond donors (Lipinski definition) is 2. The molecule has 6 nitrogen and oxygen atoms in total. The number of nitrogens with zero attached hydrogens (tertiary/aromatic N) is 1. The summed E-state index contributed by atoms with van der Waals surface area (Å²) in [7, 11) is 0. The lowest BCUT2D eigenvalue weighted by atomic mass is 10.1. The van der Waals surface area contributed by atoms with Crippen LogP contribution >= 0.6 is 0 Å². The van der Waals surface area contributed by atoms with Crippen LogP contribution in [0.3, 0.4) is 0 Å². The van der Waals surface area contributed by atoms with Gasteiger partial charge in [0.1, 0.15) is 12.1 Å². The first-order chi connectivity index (χ1) is 8.67. The van der Waals surface area contributed by atoms with E-state index in [1.165, 1.54) is 0 Å². The summed E-state index contributed by atoms with van der Waals surface area (Å²) in [6, 6.07) is -0.355. The summed E-state index contributed by atoms with van der Waals surface area (Å²) < 4.78 is 5.61. The molecule has 3 atom stereocenters. The van der Waals surface area contributed by atoms with Gasteiger partial charge >= 0.3 is 0 Å². The van der Waals surface area contributed by atoms with Crippen molar-refractivity contribution >= 4 is 11.8 Å². The molecule has 2 amide bonds. The number of nitrogens with one attached hydrogen (secondary N) is 1. The first kappa shape index (κ1) is 13.3. The predicted octanol–water partition coefficient (Wildman–Crippen LogP) is -0.770. The van der Waals surface area contributed by atoms with Crippen molar-refractivity contribution in [2.24, 2.45) is 5.73 Å². The number of carbonyl (C=O) groups excluding carboxylic acids is 2. The highest BCUT2D eigenvalue weighted by Gasteiger charge is 2.38. The standard InChI is InChI=1S/C12H21N3O3/c1-2-9-11(16)14-5-6-15(9)12(17)10-4-3-8(7-13)18-10/h8-10H,2-7,13H2,1H3,(H,14,16). The molecule has 2 aliphatic rings. The van der Waals surface area contributed by atoms with E-state index in [0.717, 1.165) is 6.42 Å². The Labute approximate surface area is 107 Å². The van der Waals surface area contributed by atoms with E-state index < -0.39 is 6.10 Å². The second-order valence-corrected chi connectivity index (χ2v) is 4.81. The highest BCUT2D eigenvalue weighted by atomic mass is 16.5. The largest absolute Gasteiger partial charge is 0.364 e. The summed E-state index contributed by atoms with van der Waals surface area (Å²) in [4.78, 5) is 25.7. The molecule has 0 bridgehead atoms. The van der Waals surface area contributed by atoms with Crippen LogP contribution in [-0.2, 0) is 14.3 Å². The minimum Gasteiger partial charge on any atom is -0.364 e. The molecule has 2 aliphatic heterocycles. The van der Waals surface area contributed by atoms with Crippen LogP contribution in [-0.4, -0.2) is 54.6 Å². The van der Waals surface area contributed by atoms with Gasteiger partial charge < -0.3 is 20.7 Å². The van der Waals surface area contributed by atoms with E-state index in [-0.39, 0.29) is 24.0 Å². The quantitative estimate of drug-likeness (QED) is 0.693. The van der Waals surface area contributed by atoms with Crippen LogP contribution in [0.1, 0.15) is 26.2 Å². The molecule has 0 aliphatic carbocycles. The van der Waals surface area contributed by atoms with Crippen LogP contribution in [0.5, 0.6) is 0 Å². The van der Waals surface area contributed by atoms with Gasteiger partial charge in [-0.25, -0.2) is 0 Å². The molecule has 102 valence electrons. The second kappa shape index (κ2) is 5.67. The lowest BCUT2D eigenvalue weighted by Crippen LogP contribution is -2.58. The Morgan fingerprint density at radius 3 is 2.94 bits per heavy atom. The van der Waals surface area contributed by atoms with E-state index in [4.69, 9.17) is 10.5 Å². The number of amides is 2. The van der Waals surface area contributed by atoms with Crippen LogP contribution in [0.4, 0.5) is 0 Å². The third kappa shape index (κ3) is 2.49. The summed E-state index contributed by atoms with van der Waals surface area (Å²) >= 11 is 0. The molecule has 2 saturated heterocycles. The van der Waals surface area contributed by atoms with Crippen molar-refractivity contribution in [2.45, 2.75) is 44.4 Å². The highest BCUT2D eigenvalue weighted by Crippen LogP contribution is 2.22. The zero-order chi connectivity index (χ0) is 13.1. The van der Waals surface area contributed by atoms with Crippen molar-refractivity contribution in [1.29, 1.82) is 0 Å². The number of nitrogens with two attached hydrogens (primary N) is 1. The molecule has 0 radical (unpaired) electrons. The smallest absolute Gasteiger partial charge is 0.252 e. The molecule has 0 saturated carbocycles. The molecule has 18 heavy (non-hydrogen) atoms. The van der Waals surface area contributed by atoms with E-state index >= 15 is 0 Å². The maximum Gasteiger partial charge on any atom is 0.252 e. The van der Waals surface area contributed by atoms with Gasteiger partial charge in [-0.3, -0.25) is 9.59 Å². The number of rotatable bonds is 3. The molecular formula is C12H21N3O3. The average Bonchev–Trinajstić information content (AvgIpc) is 2.86. The number of carbonyl (C=O) groups is 2. The van der Waals surface area contributed by atoms with Crippen LogP contribution in [0.15, 0.2) is 0 Å². The fourth-order valence-electron chi connectivity index (χ4n) is 2.63. The SMILES string of the molecule is CCC1C(=O)NCCN1C(=O)C1CCC(CN)O1. The Morgan fingerprint density at radius 1 is 1.56 bits per heavy atom. The van der Waals surface area contributed by atoms with E-state index in [9.17, 15) is 9.59 Å². The van der Waals surface area contributed by atoms with E-state index in [0.29, 0.717) is 32.5 Å². The van der Waals surface area contributed by atoms with Gasteiger partial charge in [-0.05, 0) is 19.3 Å². The lowest BCUT2D eigenvalue weighted by Gasteiger charge is -2.35. The first-order valence-electron chi connectivity index (χ1n) is 6.61. The van der Waals surface area contributed by atoms with Crippen LogP contribution in [0, 0.1) is 0 Å². The van der Waals surface area contributed by atoms with Crippen molar-refractivity contribution in [3.05, 3.63) is 0 Å². The summed E-state index contributed by atoms with van der Waals surface area (Å²) in [6.07, 6.45) is 1.72. The molecule has 3 unspecified atom stereocenters. The number of piperazine rings is 1. The zero-order valence-electron chi connectivity index (χ0n) is 10.7. The Morgan fingerprint density at radius 2 is 2.33 bits per heavy atom. The Kier molecular flexibility index (Phi) is 4.19. The highest BCUT2D eigenvalue weighted by molar-refractivity contribution is 5.90. The zero-order valence-corrected chi connectivity index (χ0v) is 10.7. The molecule has 0 aromatic carbocycles. The Balaban J connectivity index is 2.01. The molecule has 2 fully saturated rings. The minimum absolute atomic E-state index is 0.0161. The molecule has 0 spiro atoms. The van der Waals surface area contributed by atoms with Crippen LogP contribution in [0.2, 0.25) is 0 Å². The van der Waals surface area contributed by atoms with Crippen molar-refractivity contribution in [1.82, 2.24) is 10.2 Å². The molecule has 2 rings (SSSR count). The molecule has 6 heteroatoms. The first-order valence-corrected chi connectivity index (χ1v) is 6.61. The van der Waals surface area contributed by atoms with Crippen molar-refractivity contribution in [2.75, 3.05) is 19.6 Å². The van der Waals surface area contributed by atoms with Crippen LogP contribution in [0.25, 0.3) is 0 Å². The molecule has 2 heterocycles. The molecule has 0 aromatic heterocycles. The topological polar surface area (TPSA) is 84.7 Å². The summed E-state index contributed by atoms with van der Waals surface area (Å²) in [6.45, 7) is 3.44. The van der Waals surface area contributed by atoms with Crippen LogP contribution < -0.4 is 11.1 Å². The van der Waals surface area contributed by atoms with Gasteiger partial charge in [0, 0.05) is 19.6 Å². The van der Waals surface area contributed by atoms with Gasteiger partial charge in [0.05, 0.1) is 6.10 Å². The van der Waals surface area contributed by atoms with E-state index in [1.54, 1.807) is 4.90 Å². The monoisotopic (exact) mass is 255 g/mol. The van der Waals surface area contributed by atoms with Gasteiger partial charge in [0.15, 0.2) is 0 Å². The lowest BCUT2D eigenvalue weighted by molar-refractivity contribution is -0.151. The summed E-state index contributed by atoms with van der Waals surface area (Å²) in [5.41, 5.74) is 5.54. The Bertz CT molecular complexity index is 335. The maximum absolute atomic E-state index is 12.4. The van der Waals surface area contributed by atoms with Gasteiger partial charge in [0.2, 0.25) is 5.91 Å². The number of hydrogen-bond acceptors (Lipinski definition) is 4. The van der Waals surface area contributed by atoms with Gasteiger partial charge in [-0.1, -0.05) is 6.92 Å². The predicted molar refractivity (Wildman–Crippen MR) is 65.8 cm³/mol. The molecule has 0 aromatic rings. The fourth-order valence-corrected chi connectivity index (χ4v) is 2.63. The average molecular weight is 255 g/mol. The normalized spacial score (nSPS) is 32.4. The minimum atomic E-state index is -0.418. The van der Waals surface area contributed by atoms with Gasteiger partial charge in [-0.15, -0.1) is 0 Å².